The summed E-state index contributed by atoms with van der Waals surface area (Å²) >= 11 is 1.48. The Morgan fingerprint density at radius 2 is 1.48 bits per heavy atom. The number of anilines is 1. The Morgan fingerprint density at radius 1 is 0.871 bits per heavy atom. The third-order valence-electron chi connectivity index (χ3n) is 6.45. The molecule has 31 heavy (non-hydrogen) atoms. The molecule has 156 valence electrons. The third kappa shape index (κ3) is 2.91. The second-order valence-corrected chi connectivity index (χ2v) is 9.59. The molecule has 2 heterocycles. The van der Waals surface area contributed by atoms with Gasteiger partial charge >= 0.3 is 0 Å². The molecule has 5 rings (SSSR count). The van der Waals surface area contributed by atoms with E-state index in [0.29, 0.717) is 0 Å². The minimum Gasteiger partial charge on any atom is -0.347 e. The molecule has 5 heteroatoms. The summed E-state index contributed by atoms with van der Waals surface area (Å²) in [6.07, 6.45) is 0. The minimum absolute atomic E-state index is 0.0396. The van der Waals surface area contributed by atoms with Gasteiger partial charge in [-0.05, 0) is 43.2 Å². The van der Waals surface area contributed by atoms with Gasteiger partial charge < -0.3 is 10.2 Å². The zero-order chi connectivity index (χ0) is 21.8. The summed E-state index contributed by atoms with van der Waals surface area (Å²) in [6.45, 7) is 4.07. The van der Waals surface area contributed by atoms with E-state index in [-0.39, 0.29) is 11.8 Å². The lowest BCUT2D eigenvalue weighted by Crippen LogP contribution is -2.48. The number of carbonyl (C=O) groups is 2. The molecule has 2 aliphatic heterocycles. The number of amides is 2. The van der Waals surface area contributed by atoms with E-state index in [1.165, 1.54) is 11.8 Å². The second kappa shape index (κ2) is 7.27. The van der Waals surface area contributed by atoms with E-state index in [1.807, 2.05) is 86.6 Å². The first-order chi connectivity index (χ1) is 14.9. The number of benzene rings is 3. The highest BCUT2D eigenvalue weighted by atomic mass is 32.2. The number of para-hydroxylation sites is 1. The average molecular weight is 429 g/mol. The Morgan fingerprint density at radius 3 is 2.16 bits per heavy atom. The van der Waals surface area contributed by atoms with E-state index < -0.39 is 16.7 Å². The van der Waals surface area contributed by atoms with Crippen LogP contribution >= 0.6 is 11.8 Å². The highest BCUT2D eigenvalue weighted by Gasteiger charge is 2.66. The summed E-state index contributed by atoms with van der Waals surface area (Å²) in [7, 11) is 1.80. The van der Waals surface area contributed by atoms with Crippen molar-refractivity contribution in [2.45, 2.75) is 35.4 Å². The number of thioether (sulfide) groups is 1. The smallest absolute Gasteiger partial charge is 0.241 e. The predicted octanol–water partition coefficient (Wildman–Crippen LogP) is 4.55. The van der Waals surface area contributed by atoms with Gasteiger partial charge in [0, 0.05) is 17.6 Å². The molecule has 1 N–H and O–H groups in total. The van der Waals surface area contributed by atoms with Gasteiger partial charge in [-0.3, -0.25) is 9.59 Å². The van der Waals surface area contributed by atoms with Gasteiger partial charge in [0.2, 0.25) is 11.8 Å². The minimum atomic E-state index is -1.01. The number of fused-ring (bicyclic) bond motifs is 2. The Balaban J connectivity index is 1.71. The van der Waals surface area contributed by atoms with Gasteiger partial charge in [-0.2, -0.15) is 0 Å². The van der Waals surface area contributed by atoms with Gasteiger partial charge in [-0.25, -0.2) is 0 Å². The van der Waals surface area contributed by atoms with Crippen molar-refractivity contribution in [2.75, 3.05) is 11.9 Å². The first-order valence-corrected chi connectivity index (χ1v) is 11.3. The third-order valence-corrected chi connectivity index (χ3v) is 7.81. The molecule has 0 saturated carbocycles. The predicted molar refractivity (Wildman–Crippen MR) is 124 cm³/mol. The van der Waals surface area contributed by atoms with Crippen molar-refractivity contribution in [1.29, 1.82) is 0 Å². The summed E-state index contributed by atoms with van der Waals surface area (Å²) in [5.74, 6) is -0.142. The van der Waals surface area contributed by atoms with Crippen molar-refractivity contribution in [3.63, 3.8) is 0 Å². The van der Waals surface area contributed by atoms with Crippen molar-refractivity contribution in [3.8, 4) is 0 Å². The second-order valence-electron chi connectivity index (χ2n) is 8.41. The van der Waals surface area contributed by atoms with Crippen LogP contribution in [0.15, 0.2) is 77.7 Å². The van der Waals surface area contributed by atoms with Crippen LogP contribution < -0.4 is 10.2 Å². The van der Waals surface area contributed by atoms with E-state index in [2.05, 4.69) is 5.32 Å². The molecule has 4 nitrogen and oxygen atoms in total. The van der Waals surface area contributed by atoms with Crippen molar-refractivity contribution >= 4 is 29.3 Å². The lowest BCUT2D eigenvalue weighted by molar-refractivity contribution is -0.125. The van der Waals surface area contributed by atoms with E-state index in [0.717, 1.165) is 32.8 Å². The van der Waals surface area contributed by atoms with Gasteiger partial charge in [0.25, 0.3) is 0 Å². The molecule has 1 fully saturated rings. The fraction of sp³-hybridized carbons (Fsp3) is 0.231. The highest BCUT2D eigenvalue weighted by Crippen LogP contribution is 2.57. The van der Waals surface area contributed by atoms with Gasteiger partial charge in [0.05, 0.1) is 6.04 Å². The topological polar surface area (TPSA) is 49.4 Å². The summed E-state index contributed by atoms with van der Waals surface area (Å²) in [4.78, 5) is 30.1. The number of aryl methyl sites for hydroxylation is 2. The van der Waals surface area contributed by atoms with Crippen LogP contribution in [0, 0.1) is 13.8 Å². The van der Waals surface area contributed by atoms with Gasteiger partial charge in [-0.15, -0.1) is 11.8 Å². The lowest BCUT2D eigenvalue weighted by Gasteiger charge is -2.33. The van der Waals surface area contributed by atoms with Crippen LogP contribution in [-0.4, -0.2) is 24.1 Å². The monoisotopic (exact) mass is 428 g/mol. The molecule has 1 spiro atoms. The largest absolute Gasteiger partial charge is 0.347 e. The van der Waals surface area contributed by atoms with E-state index >= 15 is 0 Å². The summed E-state index contributed by atoms with van der Waals surface area (Å²) in [5, 5.41) is 2.62. The molecular formula is C26H24N2O2S. The quantitative estimate of drug-likeness (QED) is 0.666. The normalized spacial score (nSPS) is 24.5. The number of rotatable bonds is 3. The number of carbonyl (C=O) groups excluding carboxylic acids is 2. The molecule has 2 amide bonds. The SMILES string of the molecule is Cc1ccc(SC2C(=O)NC(c3ccc(C)cc3)C23C(=O)N(C)c2ccccc23)cc1. The van der Waals surface area contributed by atoms with E-state index in [9.17, 15) is 9.59 Å². The molecule has 3 aromatic carbocycles. The van der Waals surface area contributed by atoms with Crippen molar-refractivity contribution in [1.82, 2.24) is 5.32 Å². The van der Waals surface area contributed by atoms with E-state index in [1.54, 1.807) is 11.9 Å². The Bertz CT molecular complexity index is 1170. The summed E-state index contributed by atoms with van der Waals surface area (Å²) in [5.41, 5.74) is 4.03. The summed E-state index contributed by atoms with van der Waals surface area (Å²) < 4.78 is 0. The molecular weight excluding hydrogens is 404 g/mol. The lowest BCUT2D eigenvalue weighted by atomic mass is 9.72. The van der Waals surface area contributed by atoms with Crippen LogP contribution in [0.2, 0.25) is 0 Å². The average Bonchev–Trinajstić information content (AvgIpc) is 3.18. The maximum Gasteiger partial charge on any atom is 0.241 e. The standard InChI is InChI=1S/C26H24N2O2S/c1-16-8-12-18(13-9-16)22-26(20-6-4-5-7-21(20)28(3)25(26)30)23(24(29)27-22)31-19-14-10-17(2)11-15-19/h4-15,22-23H,1-3H3,(H,27,29). The molecule has 2 aliphatic rings. The maximum atomic E-state index is 14.0. The first-order valence-electron chi connectivity index (χ1n) is 10.4. The number of hydrogen-bond donors (Lipinski definition) is 1. The Hall–Kier alpha value is -3.05. The van der Waals surface area contributed by atoms with Crippen molar-refractivity contribution in [3.05, 3.63) is 95.1 Å². The molecule has 0 radical (unpaired) electrons. The maximum absolute atomic E-state index is 14.0. The number of hydrogen-bond acceptors (Lipinski definition) is 3. The van der Waals surface area contributed by atoms with Crippen LogP contribution in [0.4, 0.5) is 5.69 Å². The fourth-order valence-corrected chi connectivity index (χ4v) is 6.14. The molecule has 0 aromatic heterocycles. The highest BCUT2D eigenvalue weighted by molar-refractivity contribution is 8.00. The van der Waals surface area contributed by atoms with Crippen LogP contribution in [0.3, 0.4) is 0 Å². The van der Waals surface area contributed by atoms with Crippen LogP contribution in [0.1, 0.15) is 28.3 Å². The number of likely N-dealkylation sites (N-methyl/N-ethyl adjacent to an activating group) is 1. The Labute approximate surface area is 186 Å². The van der Waals surface area contributed by atoms with Crippen LogP contribution in [0.25, 0.3) is 0 Å². The molecule has 0 bridgehead atoms. The zero-order valence-corrected chi connectivity index (χ0v) is 18.6. The Kier molecular flexibility index (Phi) is 4.67. The number of nitrogens with one attached hydrogen (secondary N) is 1. The van der Waals surface area contributed by atoms with Crippen LogP contribution in [0.5, 0.6) is 0 Å². The van der Waals surface area contributed by atoms with Crippen LogP contribution in [-0.2, 0) is 15.0 Å². The van der Waals surface area contributed by atoms with Gasteiger partial charge in [0.15, 0.2) is 0 Å². The zero-order valence-electron chi connectivity index (χ0n) is 17.8. The first kappa shape index (κ1) is 19.9. The van der Waals surface area contributed by atoms with Gasteiger partial charge in [-0.1, -0.05) is 65.7 Å². The molecule has 3 atom stereocenters. The fourth-order valence-electron chi connectivity index (χ4n) is 4.84. The van der Waals surface area contributed by atoms with Gasteiger partial charge in [0.1, 0.15) is 10.7 Å². The number of nitrogens with zero attached hydrogens (tertiary/aromatic N) is 1. The molecule has 3 aromatic rings. The molecule has 3 unspecified atom stereocenters. The van der Waals surface area contributed by atoms with Crippen molar-refractivity contribution < 1.29 is 9.59 Å². The summed E-state index contributed by atoms with van der Waals surface area (Å²) in [6, 6.07) is 23.7. The molecule has 1 saturated heterocycles. The molecule has 0 aliphatic carbocycles. The van der Waals surface area contributed by atoms with Crippen molar-refractivity contribution in [2.24, 2.45) is 0 Å². The van der Waals surface area contributed by atoms with E-state index in [4.69, 9.17) is 0 Å².